The summed E-state index contributed by atoms with van der Waals surface area (Å²) in [7, 11) is 0. The summed E-state index contributed by atoms with van der Waals surface area (Å²) in [5, 5.41) is 5.84. The lowest BCUT2D eigenvalue weighted by Crippen LogP contribution is -2.44. The van der Waals surface area contributed by atoms with E-state index in [1.54, 1.807) is 4.88 Å². The lowest BCUT2D eigenvalue weighted by Gasteiger charge is -2.47. The lowest BCUT2D eigenvalue weighted by atomic mass is 9.62. The van der Waals surface area contributed by atoms with Crippen LogP contribution in [0.1, 0.15) is 49.3 Å². The van der Waals surface area contributed by atoms with Gasteiger partial charge in [-0.3, -0.25) is 0 Å². The average molecular weight is 235 g/mol. The molecular weight excluding hydrogens is 214 g/mol. The summed E-state index contributed by atoms with van der Waals surface area (Å²) < 4.78 is 0. The first-order valence-corrected chi connectivity index (χ1v) is 7.53. The van der Waals surface area contributed by atoms with Crippen molar-refractivity contribution in [3.8, 4) is 0 Å². The Morgan fingerprint density at radius 1 is 1.19 bits per heavy atom. The van der Waals surface area contributed by atoms with Gasteiger partial charge in [0, 0.05) is 17.3 Å². The molecule has 1 aromatic heterocycles. The summed E-state index contributed by atoms with van der Waals surface area (Å²) in [5.74, 6) is 0.793. The second-order valence-corrected chi connectivity index (χ2v) is 6.42. The first-order valence-electron chi connectivity index (χ1n) is 6.65. The van der Waals surface area contributed by atoms with Crippen molar-refractivity contribution in [2.24, 2.45) is 5.41 Å². The molecule has 16 heavy (non-hydrogen) atoms. The molecule has 88 valence electrons. The maximum Gasteiger partial charge on any atom is 0.0115 e. The van der Waals surface area contributed by atoms with Gasteiger partial charge in [0.05, 0.1) is 0 Å². The fraction of sp³-hybridized carbons (Fsp3) is 0.714. The van der Waals surface area contributed by atoms with Crippen LogP contribution in [0.4, 0.5) is 0 Å². The summed E-state index contributed by atoms with van der Waals surface area (Å²) in [5.41, 5.74) is 0.647. The molecular formula is C14H21NS. The zero-order valence-corrected chi connectivity index (χ0v) is 10.7. The minimum absolute atomic E-state index is 0.647. The lowest BCUT2D eigenvalue weighted by molar-refractivity contribution is 0.105. The van der Waals surface area contributed by atoms with Gasteiger partial charge >= 0.3 is 0 Å². The third-order valence-corrected chi connectivity index (χ3v) is 5.61. The van der Waals surface area contributed by atoms with Gasteiger partial charge in [0.2, 0.25) is 0 Å². The Labute approximate surface area is 102 Å². The maximum atomic E-state index is 3.60. The van der Waals surface area contributed by atoms with Gasteiger partial charge in [-0.15, -0.1) is 11.3 Å². The molecule has 1 aliphatic carbocycles. The quantitative estimate of drug-likeness (QED) is 0.781. The molecule has 1 N–H and O–H groups in total. The first-order chi connectivity index (χ1) is 7.91. The fourth-order valence-electron chi connectivity index (χ4n) is 3.72. The van der Waals surface area contributed by atoms with Crippen LogP contribution < -0.4 is 5.32 Å². The molecule has 2 aliphatic rings. The van der Waals surface area contributed by atoms with Crippen LogP contribution in [0.25, 0.3) is 0 Å². The number of thiophene rings is 1. The Hall–Kier alpha value is -0.340. The molecule has 1 aliphatic heterocycles. The maximum absolute atomic E-state index is 3.60. The van der Waals surface area contributed by atoms with Crippen molar-refractivity contribution < 1.29 is 0 Å². The number of nitrogens with one attached hydrogen (secondary N) is 1. The Morgan fingerprint density at radius 2 is 2.06 bits per heavy atom. The molecule has 1 aromatic rings. The summed E-state index contributed by atoms with van der Waals surface area (Å²) in [6.07, 6.45) is 8.72. The molecule has 2 fully saturated rings. The summed E-state index contributed by atoms with van der Waals surface area (Å²) in [6, 6.07) is 4.56. The van der Waals surface area contributed by atoms with Gasteiger partial charge < -0.3 is 5.32 Å². The van der Waals surface area contributed by atoms with Crippen LogP contribution in [0.2, 0.25) is 0 Å². The van der Waals surface area contributed by atoms with E-state index < -0.39 is 0 Å². The predicted molar refractivity (Wildman–Crippen MR) is 70.1 cm³/mol. The minimum Gasteiger partial charge on any atom is -0.316 e. The van der Waals surface area contributed by atoms with Crippen LogP contribution in [-0.4, -0.2) is 13.1 Å². The summed E-state index contributed by atoms with van der Waals surface area (Å²) in [6.45, 7) is 2.45. The Morgan fingerprint density at radius 3 is 2.81 bits per heavy atom. The Bertz CT molecular complexity index is 316. The molecule has 1 nitrogen and oxygen atoms in total. The Balaban J connectivity index is 1.88. The third-order valence-electron chi connectivity index (χ3n) is 4.62. The fourth-order valence-corrected chi connectivity index (χ4v) is 4.69. The van der Waals surface area contributed by atoms with E-state index in [0.717, 1.165) is 5.92 Å². The topological polar surface area (TPSA) is 12.0 Å². The highest BCUT2D eigenvalue weighted by atomic mass is 32.1. The van der Waals surface area contributed by atoms with Crippen LogP contribution in [-0.2, 0) is 0 Å². The van der Waals surface area contributed by atoms with Crippen molar-refractivity contribution in [3.05, 3.63) is 22.4 Å². The molecule has 2 heteroatoms. The molecule has 1 saturated heterocycles. The van der Waals surface area contributed by atoms with Crippen molar-refractivity contribution in [2.45, 2.75) is 44.4 Å². The van der Waals surface area contributed by atoms with Gasteiger partial charge in [-0.25, -0.2) is 0 Å². The van der Waals surface area contributed by atoms with Crippen molar-refractivity contribution >= 4 is 11.3 Å². The minimum atomic E-state index is 0.647. The van der Waals surface area contributed by atoms with Gasteiger partial charge in [0.1, 0.15) is 0 Å². The Kier molecular flexibility index (Phi) is 3.03. The summed E-state index contributed by atoms with van der Waals surface area (Å²) in [4.78, 5) is 1.62. The second kappa shape index (κ2) is 4.50. The van der Waals surface area contributed by atoms with Gasteiger partial charge in [-0.1, -0.05) is 25.3 Å². The van der Waals surface area contributed by atoms with E-state index in [4.69, 9.17) is 0 Å². The first kappa shape index (κ1) is 10.8. The molecule has 1 saturated carbocycles. The van der Waals surface area contributed by atoms with Crippen molar-refractivity contribution in [1.82, 2.24) is 5.32 Å². The van der Waals surface area contributed by atoms with E-state index in [1.807, 2.05) is 11.3 Å². The van der Waals surface area contributed by atoms with E-state index in [1.165, 1.54) is 51.6 Å². The number of rotatable bonds is 1. The molecule has 1 unspecified atom stereocenters. The summed E-state index contributed by atoms with van der Waals surface area (Å²) >= 11 is 1.96. The molecule has 0 bridgehead atoms. The van der Waals surface area contributed by atoms with E-state index in [2.05, 4.69) is 22.8 Å². The zero-order chi connectivity index (χ0) is 10.8. The smallest absolute Gasteiger partial charge is 0.0115 e. The van der Waals surface area contributed by atoms with E-state index in [0.29, 0.717) is 5.41 Å². The van der Waals surface area contributed by atoms with E-state index >= 15 is 0 Å². The molecule has 0 amide bonds. The van der Waals surface area contributed by atoms with Crippen LogP contribution in [0, 0.1) is 5.41 Å². The van der Waals surface area contributed by atoms with Crippen molar-refractivity contribution in [3.63, 3.8) is 0 Å². The number of hydrogen-bond acceptors (Lipinski definition) is 2. The molecule has 0 aromatic carbocycles. The monoisotopic (exact) mass is 235 g/mol. The van der Waals surface area contributed by atoms with Crippen molar-refractivity contribution in [2.75, 3.05) is 13.1 Å². The number of piperidine rings is 1. The largest absolute Gasteiger partial charge is 0.316 e. The van der Waals surface area contributed by atoms with Crippen molar-refractivity contribution in [1.29, 1.82) is 0 Å². The molecule has 0 radical (unpaired) electrons. The van der Waals surface area contributed by atoms with Crippen LogP contribution in [0.3, 0.4) is 0 Å². The molecule has 2 heterocycles. The highest BCUT2D eigenvalue weighted by molar-refractivity contribution is 7.10. The third kappa shape index (κ3) is 1.82. The zero-order valence-electron chi connectivity index (χ0n) is 9.87. The van der Waals surface area contributed by atoms with Crippen LogP contribution >= 0.6 is 11.3 Å². The standard InChI is InChI=1S/C14H21NS/c1-2-6-14(7-3-1)8-9-15-11-12(14)13-5-4-10-16-13/h4-5,10,12,15H,1-3,6-9,11H2. The highest BCUT2D eigenvalue weighted by Crippen LogP contribution is 2.51. The SMILES string of the molecule is c1csc(C2CNCCC23CCCCC3)c1. The predicted octanol–water partition coefficient (Wildman–Crippen LogP) is 3.78. The van der Waals surface area contributed by atoms with E-state index in [9.17, 15) is 0 Å². The van der Waals surface area contributed by atoms with E-state index in [-0.39, 0.29) is 0 Å². The van der Waals surface area contributed by atoms with Gasteiger partial charge in [0.25, 0.3) is 0 Å². The van der Waals surface area contributed by atoms with Crippen LogP contribution in [0.5, 0.6) is 0 Å². The normalized spacial score (nSPS) is 29.4. The molecule has 3 rings (SSSR count). The average Bonchev–Trinajstić information content (AvgIpc) is 2.84. The van der Waals surface area contributed by atoms with Crippen LogP contribution in [0.15, 0.2) is 17.5 Å². The van der Waals surface area contributed by atoms with Gasteiger partial charge in [-0.05, 0) is 42.7 Å². The van der Waals surface area contributed by atoms with Gasteiger partial charge in [-0.2, -0.15) is 0 Å². The number of hydrogen-bond donors (Lipinski definition) is 1. The molecule has 1 spiro atoms. The molecule has 1 atom stereocenters. The highest BCUT2D eigenvalue weighted by Gasteiger charge is 2.42. The van der Waals surface area contributed by atoms with Gasteiger partial charge in [0.15, 0.2) is 0 Å². The second-order valence-electron chi connectivity index (χ2n) is 5.45.